The van der Waals surface area contributed by atoms with Crippen molar-refractivity contribution in [1.82, 2.24) is 14.6 Å². The molecule has 0 aliphatic heterocycles. The Labute approximate surface area is 188 Å². The number of esters is 1. The van der Waals surface area contributed by atoms with E-state index >= 15 is 0 Å². The number of aromatic nitrogens is 3. The first-order valence-corrected chi connectivity index (χ1v) is 10.7. The van der Waals surface area contributed by atoms with Crippen LogP contribution in [-0.4, -0.2) is 39.0 Å². The molecular formula is C20H18F3N5O4S. The largest absolute Gasteiger partial charge is 0.462 e. The summed E-state index contributed by atoms with van der Waals surface area (Å²) >= 11 is 0.770. The maximum atomic E-state index is 13.6. The lowest BCUT2D eigenvalue weighted by Crippen LogP contribution is -2.17. The van der Waals surface area contributed by atoms with Gasteiger partial charge in [0.1, 0.15) is 16.3 Å². The third-order valence-electron chi connectivity index (χ3n) is 5.10. The van der Waals surface area contributed by atoms with Crippen LogP contribution >= 0.6 is 11.3 Å². The number of nitrogens with one attached hydrogen (secondary N) is 1. The third-order valence-corrected chi connectivity index (χ3v) is 6.32. The Balaban J connectivity index is 1.78. The molecule has 2 amide bonds. The van der Waals surface area contributed by atoms with Crippen LogP contribution in [0, 0.1) is 6.92 Å². The molecule has 9 nitrogen and oxygen atoms in total. The molecule has 3 N–H and O–H groups in total. The van der Waals surface area contributed by atoms with E-state index < -0.39 is 29.7 Å². The van der Waals surface area contributed by atoms with Gasteiger partial charge in [-0.15, -0.1) is 11.3 Å². The molecule has 0 aromatic carbocycles. The van der Waals surface area contributed by atoms with Gasteiger partial charge in [0.25, 0.3) is 11.8 Å². The lowest BCUT2D eigenvalue weighted by Gasteiger charge is -2.11. The maximum absolute atomic E-state index is 13.6. The van der Waals surface area contributed by atoms with Gasteiger partial charge >= 0.3 is 12.1 Å². The van der Waals surface area contributed by atoms with Crippen LogP contribution in [0.3, 0.4) is 0 Å². The first-order valence-electron chi connectivity index (χ1n) is 9.90. The highest BCUT2D eigenvalue weighted by atomic mass is 32.1. The number of thiophene rings is 1. The smallest absolute Gasteiger partial charge is 0.433 e. The lowest BCUT2D eigenvalue weighted by molar-refractivity contribution is -0.142. The Morgan fingerprint density at radius 1 is 1.33 bits per heavy atom. The van der Waals surface area contributed by atoms with Crippen molar-refractivity contribution in [3.8, 4) is 0 Å². The number of carbonyl (C=O) groups excluding carboxylic acids is 3. The Bertz CT molecular complexity index is 1290. The normalized spacial score (nSPS) is 13.8. The van der Waals surface area contributed by atoms with Crippen molar-refractivity contribution in [3.63, 3.8) is 0 Å². The maximum Gasteiger partial charge on any atom is 0.433 e. The van der Waals surface area contributed by atoms with Gasteiger partial charge in [0.05, 0.1) is 23.2 Å². The number of carbonyl (C=O) groups is 3. The van der Waals surface area contributed by atoms with Crippen LogP contribution < -0.4 is 11.1 Å². The summed E-state index contributed by atoms with van der Waals surface area (Å²) in [4.78, 5) is 41.5. The molecule has 13 heteroatoms. The summed E-state index contributed by atoms with van der Waals surface area (Å²) in [5.74, 6) is -2.52. The molecule has 0 bridgehead atoms. The second kappa shape index (κ2) is 8.14. The van der Waals surface area contributed by atoms with Gasteiger partial charge in [-0.3, -0.25) is 9.59 Å². The quantitative estimate of drug-likeness (QED) is 0.519. The van der Waals surface area contributed by atoms with E-state index in [1.807, 2.05) is 0 Å². The van der Waals surface area contributed by atoms with Crippen LogP contribution in [-0.2, 0) is 10.9 Å². The highest BCUT2D eigenvalue weighted by Gasteiger charge is 2.38. The summed E-state index contributed by atoms with van der Waals surface area (Å²) in [6.45, 7) is 3.12. The third kappa shape index (κ3) is 4.15. The molecule has 1 fully saturated rings. The van der Waals surface area contributed by atoms with Crippen molar-refractivity contribution >= 4 is 39.8 Å². The first-order chi connectivity index (χ1) is 15.5. The number of hydrogen-bond acceptors (Lipinski definition) is 7. The first kappa shape index (κ1) is 22.7. The number of fused-ring (bicyclic) bond motifs is 1. The molecule has 0 saturated heterocycles. The van der Waals surface area contributed by atoms with Crippen LogP contribution in [0.5, 0.6) is 0 Å². The fourth-order valence-corrected chi connectivity index (χ4v) is 4.43. The van der Waals surface area contributed by atoms with Gasteiger partial charge in [-0.2, -0.15) is 18.3 Å². The van der Waals surface area contributed by atoms with Crippen LogP contribution in [0.2, 0.25) is 0 Å². The molecule has 1 aliphatic carbocycles. The van der Waals surface area contributed by atoms with E-state index in [9.17, 15) is 27.6 Å². The number of amides is 2. The monoisotopic (exact) mass is 481 g/mol. The molecule has 3 aromatic rings. The zero-order chi connectivity index (χ0) is 24.1. The zero-order valence-corrected chi connectivity index (χ0v) is 18.3. The van der Waals surface area contributed by atoms with Crippen molar-refractivity contribution in [2.75, 3.05) is 11.9 Å². The summed E-state index contributed by atoms with van der Waals surface area (Å²) in [5, 5.41) is 6.18. The van der Waals surface area contributed by atoms with Gasteiger partial charge in [-0.25, -0.2) is 14.3 Å². The second-order valence-electron chi connectivity index (χ2n) is 7.43. The Morgan fingerprint density at radius 3 is 2.61 bits per heavy atom. The number of hydrogen-bond donors (Lipinski definition) is 2. The summed E-state index contributed by atoms with van der Waals surface area (Å²) < 4.78 is 46.3. The van der Waals surface area contributed by atoms with Gasteiger partial charge in [-0.05, 0) is 38.3 Å². The van der Waals surface area contributed by atoms with Crippen LogP contribution in [0.15, 0.2) is 12.3 Å². The molecule has 3 heterocycles. The number of halogens is 3. The van der Waals surface area contributed by atoms with Crippen LogP contribution in [0.4, 0.5) is 18.2 Å². The number of rotatable bonds is 6. The summed E-state index contributed by atoms with van der Waals surface area (Å²) in [6.07, 6.45) is -2.31. The molecule has 1 aliphatic rings. The molecule has 0 radical (unpaired) electrons. The van der Waals surface area contributed by atoms with E-state index in [0.29, 0.717) is 17.4 Å². The fraction of sp³-hybridized carbons (Fsp3) is 0.350. The summed E-state index contributed by atoms with van der Waals surface area (Å²) in [5.41, 5.74) is 4.25. The minimum absolute atomic E-state index is 0.0153. The van der Waals surface area contributed by atoms with E-state index in [1.165, 1.54) is 6.92 Å². The van der Waals surface area contributed by atoms with Gasteiger partial charge in [0, 0.05) is 11.6 Å². The topological polar surface area (TPSA) is 129 Å². The molecule has 0 atom stereocenters. The van der Waals surface area contributed by atoms with Gasteiger partial charge < -0.3 is 15.8 Å². The number of nitrogens with two attached hydrogens (primary N) is 1. The lowest BCUT2D eigenvalue weighted by atomic mass is 10.1. The molecule has 0 unspecified atom stereocenters. The zero-order valence-electron chi connectivity index (χ0n) is 17.4. The molecule has 3 aromatic heterocycles. The minimum atomic E-state index is -4.71. The van der Waals surface area contributed by atoms with E-state index in [-0.39, 0.29) is 50.4 Å². The van der Waals surface area contributed by atoms with Gasteiger partial charge in [0.2, 0.25) is 0 Å². The minimum Gasteiger partial charge on any atom is -0.462 e. The van der Waals surface area contributed by atoms with Crippen molar-refractivity contribution in [3.05, 3.63) is 45.2 Å². The standard InChI is InChI=1S/C20H18F3N5O4S/c1-3-32-19(31)13-8(2)14(15(24)29)33-18(13)27-17(30)10-7-25-28-12(20(21,22)23)6-11(9-4-5-9)26-16(10)28/h6-7,9H,3-5H2,1-2H3,(H2,24,29)(H,27,30). The Kier molecular flexibility index (Phi) is 5.60. The number of anilines is 1. The van der Waals surface area contributed by atoms with Crippen LogP contribution in [0.1, 0.15) is 73.0 Å². The molecule has 1 saturated carbocycles. The highest BCUT2D eigenvalue weighted by molar-refractivity contribution is 7.18. The number of alkyl halides is 3. The molecular weight excluding hydrogens is 463 g/mol. The fourth-order valence-electron chi connectivity index (χ4n) is 3.39. The second-order valence-corrected chi connectivity index (χ2v) is 8.45. The van der Waals surface area contributed by atoms with E-state index in [2.05, 4.69) is 15.4 Å². The van der Waals surface area contributed by atoms with Crippen molar-refractivity contribution in [2.24, 2.45) is 5.73 Å². The van der Waals surface area contributed by atoms with Crippen LogP contribution in [0.25, 0.3) is 5.65 Å². The van der Waals surface area contributed by atoms with Crippen molar-refractivity contribution < 1.29 is 32.3 Å². The Hall–Kier alpha value is -3.48. The molecule has 174 valence electrons. The number of nitrogens with zero attached hydrogens (tertiary/aromatic N) is 3. The number of ether oxygens (including phenoxy) is 1. The molecule has 0 spiro atoms. The summed E-state index contributed by atoms with van der Waals surface area (Å²) in [6, 6.07) is 0.944. The molecule has 33 heavy (non-hydrogen) atoms. The highest BCUT2D eigenvalue weighted by Crippen LogP contribution is 2.41. The predicted molar refractivity (Wildman–Crippen MR) is 111 cm³/mol. The SMILES string of the molecule is CCOC(=O)c1c(NC(=O)c2cnn3c(C(F)(F)F)cc(C4CC4)nc23)sc(C(N)=O)c1C. The Morgan fingerprint density at radius 2 is 2.03 bits per heavy atom. The van der Waals surface area contributed by atoms with E-state index in [0.717, 1.165) is 23.6 Å². The van der Waals surface area contributed by atoms with Gasteiger partial charge in [0.15, 0.2) is 5.65 Å². The predicted octanol–water partition coefficient (Wildman–Crippen LogP) is 3.52. The van der Waals surface area contributed by atoms with Crippen molar-refractivity contribution in [1.29, 1.82) is 0 Å². The van der Waals surface area contributed by atoms with E-state index in [4.69, 9.17) is 10.5 Å². The summed E-state index contributed by atoms with van der Waals surface area (Å²) in [7, 11) is 0. The molecule has 4 rings (SSSR count). The van der Waals surface area contributed by atoms with E-state index in [1.54, 1.807) is 6.92 Å². The van der Waals surface area contributed by atoms with Gasteiger partial charge in [-0.1, -0.05) is 0 Å². The average Bonchev–Trinajstić information content (AvgIpc) is 3.40. The number of primary amides is 1. The average molecular weight is 481 g/mol. The van der Waals surface area contributed by atoms with Crippen molar-refractivity contribution in [2.45, 2.75) is 38.8 Å².